The molecule has 0 aliphatic carbocycles. The standard InChI is InChI=1S/C23H28ClN5O4.2ClH/c24-19-4-2-18(3-5-19)21-7-6-20(33-21)16-25-29-17-22(31)28(23(29)32)9-1-8-26-10-12-27(13-11-26)14-15-30;;/h2-7,16,30H,1,8-15,17H2;2*1H. The minimum atomic E-state index is -0.409. The molecule has 0 bridgehead atoms. The number of aliphatic hydroxyl groups is 1. The number of aliphatic hydroxyl groups excluding tert-OH is 1. The Morgan fingerprint density at radius 2 is 1.60 bits per heavy atom. The molecular weight excluding hydrogens is 517 g/mol. The van der Waals surface area contributed by atoms with Gasteiger partial charge in [0.15, 0.2) is 0 Å². The zero-order valence-corrected chi connectivity index (χ0v) is 21.6. The molecule has 35 heavy (non-hydrogen) atoms. The first kappa shape index (κ1) is 29.1. The fourth-order valence-electron chi connectivity index (χ4n) is 3.99. The number of carbonyl (C=O) groups excluding carboxylic acids is 2. The molecule has 1 N–H and O–H groups in total. The predicted molar refractivity (Wildman–Crippen MR) is 140 cm³/mol. The van der Waals surface area contributed by atoms with E-state index in [0.717, 1.165) is 44.7 Å². The Morgan fingerprint density at radius 1 is 0.943 bits per heavy atom. The number of amides is 3. The van der Waals surface area contributed by atoms with Crippen molar-refractivity contribution in [3.63, 3.8) is 0 Å². The van der Waals surface area contributed by atoms with E-state index in [1.807, 2.05) is 18.2 Å². The van der Waals surface area contributed by atoms with Crippen LogP contribution in [0.2, 0.25) is 5.02 Å². The van der Waals surface area contributed by atoms with Crippen molar-refractivity contribution in [2.24, 2.45) is 5.10 Å². The van der Waals surface area contributed by atoms with Gasteiger partial charge in [-0.3, -0.25) is 14.6 Å². The highest BCUT2D eigenvalue weighted by Gasteiger charge is 2.35. The molecule has 2 saturated heterocycles. The van der Waals surface area contributed by atoms with Gasteiger partial charge in [-0.05, 0) is 49.4 Å². The van der Waals surface area contributed by atoms with Gasteiger partial charge in [0.1, 0.15) is 18.1 Å². The third-order valence-corrected chi connectivity index (χ3v) is 6.11. The van der Waals surface area contributed by atoms with Crippen LogP contribution in [0.15, 0.2) is 45.9 Å². The van der Waals surface area contributed by atoms with Crippen molar-refractivity contribution in [3.8, 4) is 11.3 Å². The Balaban J connectivity index is 0.00000216. The topological polar surface area (TPSA) is 92.8 Å². The number of urea groups is 1. The summed E-state index contributed by atoms with van der Waals surface area (Å²) in [7, 11) is 0. The van der Waals surface area contributed by atoms with E-state index >= 15 is 0 Å². The molecule has 2 aromatic rings. The highest BCUT2D eigenvalue weighted by Crippen LogP contribution is 2.23. The molecule has 4 rings (SSSR count). The lowest BCUT2D eigenvalue weighted by Gasteiger charge is -2.34. The van der Waals surface area contributed by atoms with Gasteiger partial charge in [0, 0.05) is 49.9 Å². The average molecular weight is 547 g/mol. The summed E-state index contributed by atoms with van der Waals surface area (Å²) in [5.74, 6) is 0.904. The molecule has 2 aliphatic rings. The lowest BCUT2D eigenvalue weighted by Crippen LogP contribution is -2.47. The van der Waals surface area contributed by atoms with Crippen molar-refractivity contribution in [1.82, 2.24) is 19.7 Å². The number of hydrazone groups is 1. The molecule has 2 fully saturated rings. The van der Waals surface area contributed by atoms with E-state index in [2.05, 4.69) is 14.9 Å². The molecule has 192 valence electrons. The predicted octanol–water partition coefficient (Wildman–Crippen LogP) is 3.04. The maximum atomic E-state index is 12.6. The number of piperazine rings is 1. The monoisotopic (exact) mass is 545 g/mol. The number of hydrogen-bond acceptors (Lipinski definition) is 7. The first-order chi connectivity index (χ1) is 16.0. The molecule has 9 nitrogen and oxygen atoms in total. The van der Waals surface area contributed by atoms with E-state index in [-0.39, 0.29) is 43.9 Å². The molecule has 0 atom stereocenters. The zero-order valence-electron chi connectivity index (χ0n) is 19.2. The van der Waals surface area contributed by atoms with E-state index in [9.17, 15) is 9.59 Å². The van der Waals surface area contributed by atoms with Crippen LogP contribution in [0.5, 0.6) is 0 Å². The number of benzene rings is 1. The number of halogens is 3. The van der Waals surface area contributed by atoms with Crippen LogP contribution < -0.4 is 0 Å². The van der Waals surface area contributed by atoms with E-state index in [0.29, 0.717) is 29.6 Å². The van der Waals surface area contributed by atoms with Crippen LogP contribution in [0.25, 0.3) is 11.3 Å². The first-order valence-corrected chi connectivity index (χ1v) is 11.5. The molecule has 3 heterocycles. The summed E-state index contributed by atoms with van der Waals surface area (Å²) >= 11 is 5.92. The van der Waals surface area contributed by atoms with Crippen molar-refractivity contribution in [1.29, 1.82) is 0 Å². The number of β-amino-alcohol motifs (C(OH)–C–C–N with tert-alkyl or cyclic N) is 1. The summed E-state index contributed by atoms with van der Waals surface area (Å²) in [4.78, 5) is 30.8. The number of furan rings is 1. The zero-order chi connectivity index (χ0) is 23.2. The smallest absolute Gasteiger partial charge is 0.347 e. The summed E-state index contributed by atoms with van der Waals surface area (Å²) in [6.45, 7) is 5.74. The van der Waals surface area contributed by atoms with Crippen LogP contribution >= 0.6 is 36.4 Å². The third-order valence-electron chi connectivity index (χ3n) is 5.85. The van der Waals surface area contributed by atoms with E-state index < -0.39 is 6.03 Å². The molecule has 0 unspecified atom stereocenters. The summed E-state index contributed by atoms with van der Waals surface area (Å²) in [6.07, 6.45) is 2.16. The van der Waals surface area contributed by atoms with Gasteiger partial charge in [0.05, 0.1) is 12.8 Å². The number of imide groups is 1. The minimum Gasteiger partial charge on any atom is -0.455 e. The fraction of sp³-hybridized carbons (Fsp3) is 0.435. The third kappa shape index (κ3) is 7.67. The summed E-state index contributed by atoms with van der Waals surface area (Å²) in [6, 6.07) is 10.5. The van der Waals surface area contributed by atoms with Crippen LogP contribution in [-0.4, -0.2) is 102 Å². The van der Waals surface area contributed by atoms with Gasteiger partial charge in [-0.25, -0.2) is 9.80 Å². The molecule has 1 aromatic heterocycles. The highest BCUT2D eigenvalue weighted by molar-refractivity contribution is 6.30. The number of nitrogens with zero attached hydrogens (tertiary/aromatic N) is 5. The van der Waals surface area contributed by atoms with Crippen LogP contribution in [-0.2, 0) is 4.79 Å². The van der Waals surface area contributed by atoms with Gasteiger partial charge in [0.2, 0.25) is 0 Å². The maximum Gasteiger partial charge on any atom is 0.347 e. The Labute approximate surface area is 222 Å². The fourth-order valence-corrected chi connectivity index (χ4v) is 4.11. The molecule has 0 saturated carbocycles. The second-order valence-electron chi connectivity index (χ2n) is 8.10. The van der Waals surface area contributed by atoms with Gasteiger partial charge in [-0.2, -0.15) is 5.10 Å². The SMILES string of the molecule is Cl.Cl.O=C1CN(N=Cc2ccc(-c3ccc(Cl)cc3)o2)C(=O)N1CCCN1CCN(CCO)CC1. The van der Waals surface area contributed by atoms with Crippen LogP contribution in [0.1, 0.15) is 12.2 Å². The summed E-state index contributed by atoms with van der Waals surface area (Å²) in [5, 5.41) is 15.0. The van der Waals surface area contributed by atoms with Crippen molar-refractivity contribution >= 4 is 54.6 Å². The number of carbonyl (C=O) groups is 2. The van der Waals surface area contributed by atoms with Gasteiger partial charge in [0.25, 0.3) is 5.91 Å². The molecule has 3 amide bonds. The Morgan fingerprint density at radius 3 is 2.26 bits per heavy atom. The average Bonchev–Trinajstić information content (AvgIpc) is 3.39. The van der Waals surface area contributed by atoms with Gasteiger partial charge in [-0.1, -0.05) is 11.6 Å². The Hall–Kier alpha value is -2.14. The van der Waals surface area contributed by atoms with E-state index in [4.69, 9.17) is 21.1 Å². The second kappa shape index (κ2) is 13.8. The van der Waals surface area contributed by atoms with Crippen molar-refractivity contribution in [2.75, 3.05) is 59.0 Å². The Bertz CT molecular complexity index is 993. The second-order valence-corrected chi connectivity index (χ2v) is 8.54. The van der Waals surface area contributed by atoms with Crippen LogP contribution in [0.4, 0.5) is 4.79 Å². The number of hydrogen-bond donors (Lipinski definition) is 1. The van der Waals surface area contributed by atoms with E-state index in [1.54, 1.807) is 18.2 Å². The van der Waals surface area contributed by atoms with Gasteiger partial charge >= 0.3 is 6.03 Å². The van der Waals surface area contributed by atoms with Crippen molar-refractivity contribution in [3.05, 3.63) is 47.2 Å². The van der Waals surface area contributed by atoms with Crippen molar-refractivity contribution < 1.29 is 19.1 Å². The van der Waals surface area contributed by atoms with Crippen molar-refractivity contribution in [2.45, 2.75) is 6.42 Å². The van der Waals surface area contributed by atoms with E-state index in [1.165, 1.54) is 16.1 Å². The summed E-state index contributed by atoms with van der Waals surface area (Å²) < 4.78 is 5.76. The van der Waals surface area contributed by atoms with Crippen LogP contribution in [0.3, 0.4) is 0 Å². The van der Waals surface area contributed by atoms with Gasteiger partial charge < -0.3 is 14.4 Å². The maximum absolute atomic E-state index is 12.6. The highest BCUT2D eigenvalue weighted by atomic mass is 35.5. The molecular formula is C23H30Cl3N5O4. The van der Waals surface area contributed by atoms with Crippen LogP contribution in [0, 0.1) is 0 Å². The quantitative estimate of drug-likeness (QED) is 0.384. The molecule has 1 aromatic carbocycles. The first-order valence-electron chi connectivity index (χ1n) is 11.1. The molecule has 2 aliphatic heterocycles. The molecule has 0 spiro atoms. The largest absolute Gasteiger partial charge is 0.455 e. The summed E-state index contributed by atoms with van der Waals surface area (Å²) in [5.41, 5.74) is 0.882. The Kier molecular flexibility index (Phi) is 11.5. The lowest BCUT2D eigenvalue weighted by atomic mass is 10.2. The normalized spacial score (nSPS) is 17.2. The lowest BCUT2D eigenvalue weighted by molar-refractivity contribution is -0.125. The number of rotatable bonds is 9. The van der Waals surface area contributed by atoms with Gasteiger partial charge in [-0.15, -0.1) is 24.8 Å². The molecule has 12 heteroatoms. The molecule has 0 radical (unpaired) electrons. The minimum absolute atomic E-state index is 0.